The van der Waals surface area contributed by atoms with Gasteiger partial charge in [0.2, 0.25) is 0 Å². The zero-order valence-electron chi connectivity index (χ0n) is 10.4. The Morgan fingerprint density at radius 2 is 2.11 bits per heavy atom. The first-order valence-electron chi connectivity index (χ1n) is 6.63. The molecule has 0 unspecified atom stereocenters. The predicted molar refractivity (Wildman–Crippen MR) is 75.0 cm³/mol. The van der Waals surface area contributed by atoms with E-state index in [4.69, 9.17) is 4.42 Å². The number of fused-ring (bicyclic) bond motifs is 1. The SMILES string of the molecule is c1ccc2oc(SCCNC3CCCC3)nc2c1. The van der Waals surface area contributed by atoms with E-state index in [0.29, 0.717) is 0 Å². The number of oxazole rings is 1. The van der Waals surface area contributed by atoms with Gasteiger partial charge in [-0.3, -0.25) is 0 Å². The number of nitrogens with one attached hydrogen (secondary N) is 1. The maximum Gasteiger partial charge on any atom is 0.256 e. The minimum Gasteiger partial charge on any atom is -0.431 e. The highest BCUT2D eigenvalue weighted by Gasteiger charge is 2.13. The van der Waals surface area contributed by atoms with E-state index in [0.717, 1.165) is 34.7 Å². The summed E-state index contributed by atoms with van der Waals surface area (Å²) >= 11 is 1.69. The molecule has 1 aliphatic carbocycles. The fraction of sp³-hybridized carbons (Fsp3) is 0.500. The van der Waals surface area contributed by atoms with Crippen molar-refractivity contribution in [2.24, 2.45) is 0 Å². The first kappa shape index (κ1) is 12.1. The van der Waals surface area contributed by atoms with Crippen LogP contribution in [-0.2, 0) is 0 Å². The zero-order chi connectivity index (χ0) is 12.2. The molecule has 0 saturated heterocycles. The molecule has 2 aromatic rings. The molecular formula is C14H18N2OS. The first-order valence-corrected chi connectivity index (χ1v) is 7.62. The second-order valence-electron chi connectivity index (χ2n) is 4.73. The molecule has 4 heteroatoms. The lowest BCUT2D eigenvalue weighted by Gasteiger charge is -2.10. The molecule has 1 saturated carbocycles. The molecule has 0 atom stereocenters. The summed E-state index contributed by atoms with van der Waals surface area (Å²) in [6, 6.07) is 8.65. The highest BCUT2D eigenvalue weighted by Crippen LogP contribution is 2.23. The lowest BCUT2D eigenvalue weighted by molar-refractivity contribution is 0.488. The van der Waals surface area contributed by atoms with Gasteiger partial charge in [0.05, 0.1) is 0 Å². The molecule has 1 fully saturated rings. The summed E-state index contributed by atoms with van der Waals surface area (Å²) in [6.45, 7) is 1.04. The Morgan fingerprint density at radius 3 is 2.94 bits per heavy atom. The van der Waals surface area contributed by atoms with E-state index in [1.165, 1.54) is 25.7 Å². The standard InChI is InChI=1S/C14H18N2OS/c1-2-6-11(5-1)15-9-10-18-14-16-12-7-3-4-8-13(12)17-14/h3-4,7-8,11,15H,1-2,5-6,9-10H2. The summed E-state index contributed by atoms with van der Waals surface area (Å²) in [5, 5.41) is 4.38. The molecule has 1 aliphatic rings. The average Bonchev–Trinajstić information content (AvgIpc) is 3.03. The third-order valence-corrected chi connectivity index (χ3v) is 4.22. The molecule has 0 bridgehead atoms. The summed E-state index contributed by atoms with van der Waals surface area (Å²) in [6.07, 6.45) is 5.45. The van der Waals surface area contributed by atoms with Crippen molar-refractivity contribution >= 4 is 22.9 Å². The van der Waals surface area contributed by atoms with E-state index in [1.807, 2.05) is 24.3 Å². The van der Waals surface area contributed by atoms with Crippen LogP contribution in [0.25, 0.3) is 11.1 Å². The highest BCUT2D eigenvalue weighted by molar-refractivity contribution is 7.99. The van der Waals surface area contributed by atoms with Crippen LogP contribution in [0.5, 0.6) is 0 Å². The van der Waals surface area contributed by atoms with E-state index in [9.17, 15) is 0 Å². The summed E-state index contributed by atoms with van der Waals surface area (Å²) in [4.78, 5) is 4.45. The van der Waals surface area contributed by atoms with Crippen molar-refractivity contribution < 1.29 is 4.42 Å². The summed E-state index contributed by atoms with van der Waals surface area (Å²) in [5.41, 5.74) is 1.83. The van der Waals surface area contributed by atoms with Gasteiger partial charge in [0.15, 0.2) is 5.58 Å². The fourth-order valence-corrected chi connectivity index (χ4v) is 3.15. The van der Waals surface area contributed by atoms with Crippen molar-refractivity contribution in [1.29, 1.82) is 0 Å². The minimum absolute atomic E-state index is 0.745. The van der Waals surface area contributed by atoms with Gasteiger partial charge in [-0.05, 0) is 25.0 Å². The lowest BCUT2D eigenvalue weighted by Crippen LogP contribution is -2.27. The van der Waals surface area contributed by atoms with Crippen molar-refractivity contribution in [3.8, 4) is 0 Å². The normalized spacial score (nSPS) is 16.7. The number of nitrogens with zero attached hydrogens (tertiary/aromatic N) is 1. The molecule has 3 nitrogen and oxygen atoms in total. The molecule has 1 aromatic heterocycles. The fourth-order valence-electron chi connectivity index (χ4n) is 2.44. The second kappa shape index (κ2) is 5.76. The number of benzene rings is 1. The van der Waals surface area contributed by atoms with Gasteiger partial charge >= 0.3 is 0 Å². The van der Waals surface area contributed by atoms with Crippen LogP contribution in [0.1, 0.15) is 25.7 Å². The molecule has 96 valence electrons. The Bertz CT molecular complexity index is 472. The molecule has 0 spiro atoms. The number of hydrogen-bond donors (Lipinski definition) is 1. The van der Waals surface area contributed by atoms with E-state index in [2.05, 4.69) is 10.3 Å². The van der Waals surface area contributed by atoms with Crippen LogP contribution in [0.4, 0.5) is 0 Å². The number of para-hydroxylation sites is 2. The lowest BCUT2D eigenvalue weighted by atomic mass is 10.2. The van der Waals surface area contributed by atoms with Crippen LogP contribution in [-0.4, -0.2) is 23.3 Å². The van der Waals surface area contributed by atoms with Gasteiger partial charge in [-0.25, -0.2) is 4.98 Å². The monoisotopic (exact) mass is 262 g/mol. The van der Waals surface area contributed by atoms with Crippen LogP contribution < -0.4 is 5.32 Å². The topological polar surface area (TPSA) is 38.1 Å². The molecule has 0 amide bonds. The summed E-state index contributed by atoms with van der Waals surface area (Å²) < 4.78 is 5.66. The third kappa shape index (κ3) is 2.87. The quantitative estimate of drug-likeness (QED) is 0.661. The van der Waals surface area contributed by atoms with Crippen LogP contribution in [0.2, 0.25) is 0 Å². The largest absolute Gasteiger partial charge is 0.431 e. The van der Waals surface area contributed by atoms with Crippen LogP contribution in [0.15, 0.2) is 33.9 Å². The second-order valence-corrected chi connectivity index (χ2v) is 5.78. The van der Waals surface area contributed by atoms with Gasteiger partial charge in [-0.2, -0.15) is 0 Å². The predicted octanol–water partition coefficient (Wildman–Crippen LogP) is 3.45. The Labute approximate surface area is 111 Å². The van der Waals surface area contributed by atoms with Gasteiger partial charge in [0.1, 0.15) is 5.52 Å². The first-order chi connectivity index (χ1) is 8.92. The number of hydrogen-bond acceptors (Lipinski definition) is 4. The summed E-state index contributed by atoms with van der Waals surface area (Å²) in [7, 11) is 0. The molecule has 1 heterocycles. The maximum absolute atomic E-state index is 5.66. The average molecular weight is 262 g/mol. The maximum atomic E-state index is 5.66. The zero-order valence-corrected chi connectivity index (χ0v) is 11.2. The van der Waals surface area contributed by atoms with E-state index in [1.54, 1.807) is 11.8 Å². The Kier molecular flexibility index (Phi) is 3.86. The van der Waals surface area contributed by atoms with Crippen molar-refractivity contribution in [2.45, 2.75) is 36.9 Å². The Morgan fingerprint density at radius 1 is 1.28 bits per heavy atom. The number of thioether (sulfide) groups is 1. The van der Waals surface area contributed by atoms with Gasteiger partial charge in [0.25, 0.3) is 5.22 Å². The van der Waals surface area contributed by atoms with Crippen LogP contribution >= 0.6 is 11.8 Å². The molecule has 1 aromatic carbocycles. The molecule has 3 rings (SSSR count). The molecule has 0 aliphatic heterocycles. The van der Waals surface area contributed by atoms with Crippen molar-refractivity contribution in [1.82, 2.24) is 10.3 Å². The molecule has 1 N–H and O–H groups in total. The molecule has 0 radical (unpaired) electrons. The molecule has 18 heavy (non-hydrogen) atoms. The Balaban J connectivity index is 1.47. The van der Waals surface area contributed by atoms with Gasteiger partial charge in [0, 0.05) is 18.3 Å². The molecular weight excluding hydrogens is 244 g/mol. The van der Waals surface area contributed by atoms with Crippen LogP contribution in [0, 0.1) is 0 Å². The smallest absolute Gasteiger partial charge is 0.256 e. The van der Waals surface area contributed by atoms with Crippen molar-refractivity contribution in [3.05, 3.63) is 24.3 Å². The van der Waals surface area contributed by atoms with Crippen molar-refractivity contribution in [2.75, 3.05) is 12.3 Å². The number of rotatable bonds is 5. The van der Waals surface area contributed by atoms with Crippen LogP contribution in [0.3, 0.4) is 0 Å². The van der Waals surface area contributed by atoms with Gasteiger partial charge in [-0.1, -0.05) is 36.7 Å². The Hall–Kier alpha value is -1.00. The summed E-state index contributed by atoms with van der Waals surface area (Å²) in [5.74, 6) is 1.02. The minimum atomic E-state index is 0.745. The van der Waals surface area contributed by atoms with E-state index >= 15 is 0 Å². The van der Waals surface area contributed by atoms with Crippen molar-refractivity contribution in [3.63, 3.8) is 0 Å². The van der Waals surface area contributed by atoms with E-state index in [-0.39, 0.29) is 0 Å². The van der Waals surface area contributed by atoms with E-state index < -0.39 is 0 Å². The van der Waals surface area contributed by atoms with Gasteiger partial charge < -0.3 is 9.73 Å². The van der Waals surface area contributed by atoms with Gasteiger partial charge in [-0.15, -0.1) is 0 Å². The number of aromatic nitrogens is 1. The third-order valence-electron chi connectivity index (χ3n) is 3.39. The highest BCUT2D eigenvalue weighted by atomic mass is 32.2.